The summed E-state index contributed by atoms with van der Waals surface area (Å²) in [6.45, 7) is 1.56. The van der Waals surface area contributed by atoms with Gasteiger partial charge in [0.1, 0.15) is 5.51 Å². The maximum absolute atomic E-state index is 11.9. The van der Waals surface area contributed by atoms with Gasteiger partial charge in [-0.3, -0.25) is 14.5 Å². The van der Waals surface area contributed by atoms with Gasteiger partial charge in [-0.05, 0) is 14.1 Å². The Morgan fingerprint density at radius 2 is 2.19 bits per heavy atom. The lowest BCUT2D eigenvalue weighted by Crippen LogP contribution is -2.35. The highest BCUT2D eigenvalue weighted by Gasteiger charge is 2.13. The first-order valence-corrected chi connectivity index (χ1v) is 7.25. The average Bonchev–Trinajstić information content (AvgIpc) is 2.84. The minimum Gasteiger partial charge on any atom is -0.480 e. The van der Waals surface area contributed by atoms with Gasteiger partial charge in [0, 0.05) is 25.7 Å². The van der Waals surface area contributed by atoms with Crippen LogP contribution >= 0.6 is 11.3 Å². The molecule has 0 bridgehead atoms. The van der Waals surface area contributed by atoms with Gasteiger partial charge < -0.3 is 10.0 Å². The summed E-state index contributed by atoms with van der Waals surface area (Å²) in [6, 6.07) is 1.40. The Balaban J connectivity index is 2.16. The largest absolute Gasteiger partial charge is 0.480 e. The molecule has 0 aliphatic rings. The van der Waals surface area contributed by atoms with Crippen LogP contribution in [0.2, 0.25) is 0 Å². The average molecular weight is 311 g/mol. The Hall–Kier alpha value is -1.84. The summed E-state index contributed by atoms with van der Waals surface area (Å²) in [5, 5.41) is 12.9. The fourth-order valence-corrected chi connectivity index (χ4v) is 2.50. The highest BCUT2D eigenvalue weighted by atomic mass is 32.1. The Morgan fingerprint density at radius 3 is 2.86 bits per heavy atom. The predicted molar refractivity (Wildman–Crippen MR) is 78.6 cm³/mol. The molecule has 0 amide bonds. The maximum atomic E-state index is 11.9. The maximum Gasteiger partial charge on any atom is 0.317 e. The van der Waals surface area contributed by atoms with Crippen LogP contribution in [0.4, 0.5) is 0 Å². The molecule has 21 heavy (non-hydrogen) atoms. The molecule has 2 heterocycles. The molecule has 0 spiro atoms. The quantitative estimate of drug-likeness (QED) is 0.744. The van der Waals surface area contributed by atoms with E-state index in [0.29, 0.717) is 23.7 Å². The molecule has 0 aromatic carbocycles. The van der Waals surface area contributed by atoms with Gasteiger partial charge in [0.2, 0.25) is 4.96 Å². The van der Waals surface area contributed by atoms with Crippen molar-refractivity contribution in [1.29, 1.82) is 0 Å². The number of carboxylic acids is 1. The SMILES string of the molecule is CN(C)CCN(CC(=O)O)Cc1cc(=O)n2ncsc2n1. The van der Waals surface area contributed by atoms with Crippen molar-refractivity contribution in [1.82, 2.24) is 24.4 Å². The molecule has 8 nitrogen and oxygen atoms in total. The number of carboxylic acid groups (broad SMARTS) is 1. The van der Waals surface area contributed by atoms with Crippen molar-refractivity contribution in [2.24, 2.45) is 0 Å². The molecule has 0 saturated heterocycles. The van der Waals surface area contributed by atoms with Crippen molar-refractivity contribution >= 4 is 22.3 Å². The Morgan fingerprint density at radius 1 is 1.43 bits per heavy atom. The summed E-state index contributed by atoms with van der Waals surface area (Å²) >= 11 is 1.27. The van der Waals surface area contributed by atoms with Gasteiger partial charge in [-0.15, -0.1) is 0 Å². The monoisotopic (exact) mass is 311 g/mol. The standard InChI is InChI=1S/C12H17N5O3S/c1-15(2)3-4-16(7-11(19)20)6-9-5-10(18)17-12(14-9)21-8-13-17/h5,8H,3-4,6-7H2,1-2H3,(H,19,20). The molecule has 0 atom stereocenters. The lowest BCUT2D eigenvalue weighted by atomic mass is 10.3. The minimum absolute atomic E-state index is 0.0857. The summed E-state index contributed by atoms with van der Waals surface area (Å²) < 4.78 is 1.23. The third kappa shape index (κ3) is 4.31. The number of rotatable bonds is 7. The van der Waals surface area contributed by atoms with Crippen LogP contribution in [0.3, 0.4) is 0 Å². The lowest BCUT2D eigenvalue weighted by Gasteiger charge is -2.21. The third-order valence-electron chi connectivity index (χ3n) is 2.85. The van der Waals surface area contributed by atoms with Crippen LogP contribution in [0, 0.1) is 0 Å². The Kier molecular flexibility index (Phi) is 4.99. The van der Waals surface area contributed by atoms with Crippen molar-refractivity contribution in [3.8, 4) is 0 Å². The summed E-state index contributed by atoms with van der Waals surface area (Å²) in [5.74, 6) is -0.899. The molecule has 0 fully saturated rings. The Bertz CT molecular complexity index is 681. The fraction of sp³-hybridized carbons (Fsp3) is 0.500. The molecule has 1 N–H and O–H groups in total. The van der Waals surface area contributed by atoms with Crippen LogP contribution in [-0.4, -0.2) is 69.2 Å². The van der Waals surface area contributed by atoms with E-state index in [1.54, 1.807) is 10.4 Å². The normalized spacial score (nSPS) is 11.6. The second kappa shape index (κ2) is 6.74. The van der Waals surface area contributed by atoms with E-state index in [9.17, 15) is 9.59 Å². The van der Waals surface area contributed by atoms with Gasteiger partial charge in [-0.1, -0.05) is 11.3 Å². The van der Waals surface area contributed by atoms with Crippen molar-refractivity contribution < 1.29 is 9.90 Å². The zero-order chi connectivity index (χ0) is 15.4. The van der Waals surface area contributed by atoms with Gasteiger partial charge >= 0.3 is 5.97 Å². The van der Waals surface area contributed by atoms with E-state index in [2.05, 4.69) is 10.1 Å². The van der Waals surface area contributed by atoms with Gasteiger partial charge in [0.05, 0.1) is 12.2 Å². The van der Waals surface area contributed by atoms with Crippen LogP contribution in [-0.2, 0) is 11.3 Å². The van der Waals surface area contributed by atoms with Crippen LogP contribution < -0.4 is 5.56 Å². The van der Waals surface area contributed by atoms with Crippen LogP contribution in [0.5, 0.6) is 0 Å². The highest BCUT2D eigenvalue weighted by molar-refractivity contribution is 7.14. The Labute approximate surface area is 125 Å². The number of aliphatic carboxylic acids is 1. The first-order chi connectivity index (χ1) is 9.95. The van der Waals surface area contributed by atoms with E-state index >= 15 is 0 Å². The van der Waals surface area contributed by atoms with Gasteiger partial charge in [0.15, 0.2) is 0 Å². The predicted octanol–water partition coefficient (Wildman–Crippen LogP) is -0.401. The molecular formula is C12H17N5O3S. The fourth-order valence-electron chi connectivity index (χ4n) is 1.86. The van der Waals surface area contributed by atoms with Gasteiger partial charge in [-0.25, -0.2) is 4.98 Å². The molecular weight excluding hydrogens is 294 g/mol. The van der Waals surface area contributed by atoms with Crippen LogP contribution in [0.15, 0.2) is 16.4 Å². The number of hydrogen-bond acceptors (Lipinski definition) is 7. The highest BCUT2D eigenvalue weighted by Crippen LogP contribution is 2.06. The number of likely N-dealkylation sites (N-methyl/N-ethyl adjacent to an activating group) is 1. The summed E-state index contributed by atoms with van der Waals surface area (Å²) in [7, 11) is 3.85. The number of aromatic nitrogens is 3. The number of fused-ring (bicyclic) bond motifs is 1. The third-order valence-corrected chi connectivity index (χ3v) is 3.52. The molecule has 114 valence electrons. The molecule has 2 aromatic rings. The second-order valence-corrected chi connectivity index (χ2v) is 5.74. The smallest absolute Gasteiger partial charge is 0.317 e. The van der Waals surface area contributed by atoms with Crippen molar-refractivity contribution in [2.75, 3.05) is 33.7 Å². The van der Waals surface area contributed by atoms with E-state index < -0.39 is 5.97 Å². The van der Waals surface area contributed by atoms with E-state index in [0.717, 1.165) is 6.54 Å². The van der Waals surface area contributed by atoms with Crippen molar-refractivity contribution in [2.45, 2.75) is 6.54 Å². The first kappa shape index (κ1) is 15.5. The minimum atomic E-state index is -0.899. The van der Waals surface area contributed by atoms with Gasteiger partial charge in [-0.2, -0.15) is 9.61 Å². The van der Waals surface area contributed by atoms with Crippen LogP contribution in [0.1, 0.15) is 5.69 Å². The topological polar surface area (TPSA) is 91.0 Å². The summed E-state index contributed by atoms with van der Waals surface area (Å²) in [6.07, 6.45) is 0. The van der Waals surface area contributed by atoms with E-state index in [4.69, 9.17) is 5.11 Å². The second-order valence-electron chi connectivity index (χ2n) is 4.93. The van der Waals surface area contributed by atoms with E-state index in [1.165, 1.54) is 21.9 Å². The molecule has 2 aromatic heterocycles. The zero-order valence-corrected chi connectivity index (χ0v) is 12.7. The summed E-state index contributed by atoms with van der Waals surface area (Å²) in [4.78, 5) is 31.4. The lowest BCUT2D eigenvalue weighted by molar-refractivity contribution is -0.138. The number of carbonyl (C=O) groups is 1. The van der Waals surface area contributed by atoms with Crippen molar-refractivity contribution in [3.63, 3.8) is 0 Å². The molecule has 9 heteroatoms. The first-order valence-electron chi connectivity index (χ1n) is 6.37. The van der Waals surface area contributed by atoms with E-state index in [1.807, 2.05) is 19.0 Å². The van der Waals surface area contributed by atoms with Gasteiger partial charge in [0.25, 0.3) is 5.56 Å². The molecule has 2 rings (SSSR count). The molecule has 0 unspecified atom stereocenters. The molecule has 0 radical (unpaired) electrons. The number of nitrogens with zero attached hydrogens (tertiary/aromatic N) is 5. The molecule has 0 aliphatic heterocycles. The van der Waals surface area contributed by atoms with Crippen LogP contribution in [0.25, 0.3) is 4.96 Å². The molecule has 0 aliphatic carbocycles. The zero-order valence-electron chi connectivity index (χ0n) is 11.9. The van der Waals surface area contributed by atoms with E-state index in [-0.39, 0.29) is 12.1 Å². The van der Waals surface area contributed by atoms with Crippen molar-refractivity contribution in [3.05, 3.63) is 27.6 Å². The number of hydrogen-bond donors (Lipinski definition) is 1. The summed E-state index contributed by atoms with van der Waals surface area (Å²) in [5.41, 5.74) is 1.86. The molecule has 0 saturated carbocycles.